The van der Waals surface area contributed by atoms with E-state index in [0.29, 0.717) is 38.6 Å². The number of hydrogen-bond acceptors (Lipinski definition) is 4. The third-order valence-corrected chi connectivity index (χ3v) is 3.68. The van der Waals surface area contributed by atoms with Crippen LogP contribution in [-0.4, -0.2) is 47.4 Å². The molecule has 0 radical (unpaired) electrons. The second-order valence-corrected chi connectivity index (χ2v) is 6.75. The topological polar surface area (TPSA) is 91.8 Å². The molecule has 0 bridgehead atoms. The Kier molecular flexibility index (Phi) is 8.42. The lowest BCUT2D eigenvalue weighted by Gasteiger charge is -2.14. The molecule has 7 nitrogen and oxygen atoms in total. The molecule has 0 aromatic heterocycles. The third kappa shape index (κ3) is 8.41. The van der Waals surface area contributed by atoms with E-state index in [2.05, 4.69) is 20.3 Å². The van der Waals surface area contributed by atoms with E-state index in [0.717, 1.165) is 17.6 Å². The van der Waals surface area contributed by atoms with Crippen LogP contribution in [0.2, 0.25) is 0 Å². The number of para-hydroxylation sites is 1. The van der Waals surface area contributed by atoms with Gasteiger partial charge >= 0.3 is 0 Å². The summed E-state index contributed by atoms with van der Waals surface area (Å²) in [6, 6.07) is 7.85. The van der Waals surface area contributed by atoms with Gasteiger partial charge in [0.25, 0.3) is 0 Å². The number of hydrogen-bond donors (Lipinski definition) is 3. The van der Waals surface area contributed by atoms with Crippen molar-refractivity contribution in [1.29, 1.82) is 0 Å². The molecule has 0 heterocycles. The lowest BCUT2D eigenvalue weighted by atomic mass is 10.2. The van der Waals surface area contributed by atoms with Crippen LogP contribution in [0.1, 0.15) is 18.9 Å². The van der Waals surface area contributed by atoms with Crippen molar-refractivity contribution in [3.8, 4) is 5.75 Å². The minimum Gasteiger partial charge on any atom is -0.494 e. The molecule has 0 fully saturated rings. The van der Waals surface area contributed by atoms with E-state index in [4.69, 9.17) is 4.74 Å². The molecule has 8 heteroatoms. The summed E-state index contributed by atoms with van der Waals surface area (Å²) in [6.07, 6.45) is 1.82. The molecule has 23 heavy (non-hydrogen) atoms. The lowest BCUT2D eigenvalue weighted by Crippen LogP contribution is -2.38. The predicted molar refractivity (Wildman–Crippen MR) is 93.3 cm³/mol. The van der Waals surface area contributed by atoms with E-state index in [9.17, 15) is 8.42 Å². The third-order valence-electron chi connectivity index (χ3n) is 2.95. The summed E-state index contributed by atoms with van der Waals surface area (Å²) in [6.45, 7) is 4.19. The summed E-state index contributed by atoms with van der Waals surface area (Å²) >= 11 is 0. The van der Waals surface area contributed by atoms with Crippen molar-refractivity contribution in [2.45, 2.75) is 19.9 Å². The molecule has 1 aromatic rings. The fourth-order valence-electron chi connectivity index (χ4n) is 1.90. The second kappa shape index (κ2) is 10.1. The molecule has 0 unspecified atom stereocenters. The van der Waals surface area contributed by atoms with E-state index in [1.807, 2.05) is 31.2 Å². The summed E-state index contributed by atoms with van der Waals surface area (Å²) in [7, 11) is -1.43. The molecule has 0 atom stereocenters. The highest BCUT2D eigenvalue weighted by molar-refractivity contribution is 7.88. The minimum absolute atomic E-state index is 0.399. The molecule has 0 saturated heterocycles. The van der Waals surface area contributed by atoms with E-state index in [-0.39, 0.29) is 0 Å². The van der Waals surface area contributed by atoms with Crippen LogP contribution in [0.25, 0.3) is 0 Å². The number of sulfonamides is 1. The summed E-state index contributed by atoms with van der Waals surface area (Å²) in [5.74, 6) is 1.52. The monoisotopic (exact) mass is 342 g/mol. The molecule has 1 rings (SSSR count). The zero-order valence-electron chi connectivity index (χ0n) is 13.9. The van der Waals surface area contributed by atoms with Crippen LogP contribution in [0.5, 0.6) is 5.75 Å². The molecule has 3 N–H and O–H groups in total. The van der Waals surface area contributed by atoms with Gasteiger partial charge < -0.3 is 15.4 Å². The van der Waals surface area contributed by atoms with Crippen molar-refractivity contribution in [3.63, 3.8) is 0 Å². The lowest BCUT2D eigenvalue weighted by molar-refractivity contribution is 0.336. The van der Waals surface area contributed by atoms with Gasteiger partial charge in [-0.3, -0.25) is 4.99 Å². The van der Waals surface area contributed by atoms with Crippen molar-refractivity contribution in [1.82, 2.24) is 15.4 Å². The van der Waals surface area contributed by atoms with Gasteiger partial charge in [-0.2, -0.15) is 0 Å². The Morgan fingerprint density at radius 2 is 1.96 bits per heavy atom. The maximum atomic E-state index is 10.9. The van der Waals surface area contributed by atoms with E-state index in [1.165, 1.54) is 0 Å². The number of guanidine groups is 1. The Morgan fingerprint density at radius 3 is 2.61 bits per heavy atom. The SMILES string of the molecule is CCOc1ccccc1CNC(=NC)NCCCNS(C)(=O)=O. The normalized spacial score (nSPS) is 12.0. The zero-order chi connectivity index (χ0) is 17.1. The maximum Gasteiger partial charge on any atom is 0.208 e. The first-order chi connectivity index (χ1) is 11.0. The average Bonchev–Trinajstić information content (AvgIpc) is 2.50. The fourth-order valence-corrected chi connectivity index (χ4v) is 2.41. The molecule has 1 aromatic carbocycles. The Hall–Kier alpha value is -1.80. The highest BCUT2D eigenvalue weighted by Gasteiger charge is 2.04. The molecular weight excluding hydrogens is 316 g/mol. The first-order valence-corrected chi connectivity index (χ1v) is 9.45. The number of nitrogens with one attached hydrogen (secondary N) is 3. The number of benzene rings is 1. The van der Waals surface area contributed by atoms with E-state index >= 15 is 0 Å². The van der Waals surface area contributed by atoms with E-state index < -0.39 is 10.0 Å². The summed E-state index contributed by atoms with van der Waals surface area (Å²) < 4.78 is 29.9. The first kappa shape index (κ1) is 19.2. The largest absolute Gasteiger partial charge is 0.494 e. The molecule has 0 amide bonds. The van der Waals surface area contributed by atoms with Gasteiger partial charge in [0, 0.05) is 32.2 Å². The number of aliphatic imine (C=N–C) groups is 1. The van der Waals surface area contributed by atoms with Crippen molar-refractivity contribution < 1.29 is 13.2 Å². The number of nitrogens with zero attached hydrogens (tertiary/aromatic N) is 1. The Morgan fingerprint density at radius 1 is 1.22 bits per heavy atom. The van der Waals surface area contributed by atoms with Crippen LogP contribution in [0.4, 0.5) is 0 Å². The minimum atomic E-state index is -3.12. The molecule has 0 aliphatic carbocycles. The number of ether oxygens (including phenoxy) is 1. The van der Waals surface area contributed by atoms with Crippen molar-refractivity contribution >= 4 is 16.0 Å². The Bertz CT molecular complexity index is 602. The van der Waals surface area contributed by atoms with Crippen LogP contribution >= 0.6 is 0 Å². The fraction of sp³-hybridized carbons (Fsp3) is 0.533. The van der Waals surface area contributed by atoms with Gasteiger partial charge in [0.05, 0.1) is 12.9 Å². The standard InChI is InChI=1S/C15H26N4O3S/c1-4-22-14-9-6-5-8-13(14)12-18-15(16-2)17-10-7-11-19-23(3,20)21/h5-6,8-9,19H,4,7,10-12H2,1-3H3,(H2,16,17,18). The van der Waals surface area contributed by atoms with E-state index in [1.54, 1.807) is 7.05 Å². The molecule has 130 valence electrons. The van der Waals surface area contributed by atoms with Crippen LogP contribution < -0.4 is 20.1 Å². The van der Waals surface area contributed by atoms with Crippen LogP contribution in [0, 0.1) is 0 Å². The average molecular weight is 342 g/mol. The van der Waals surface area contributed by atoms with Gasteiger partial charge in [-0.05, 0) is 19.4 Å². The van der Waals surface area contributed by atoms with Crippen LogP contribution in [0.3, 0.4) is 0 Å². The van der Waals surface area contributed by atoms with Gasteiger partial charge in [-0.15, -0.1) is 0 Å². The quantitative estimate of drug-likeness (QED) is 0.349. The maximum absolute atomic E-state index is 10.9. The zero-order valence-corrected chi connectivity index (χ0v) is 14.7. The molecule has 0 spiro atoms. The summed E-state index contributed by atoms with van der Waals surface area (Å²) in [5, 5.41) is 6.35. The highest BCUT2D eigenvalue weighted by atomic mass is 32.2. The number of rotatable bonds is 9. The second-order valence-electron chi connectivity index (χ2n) is 4.91. The molecule has 0 aliphatic heterocycles. The van der Waals surface area contributed by atoms with Gasteiger partial charge in [0.1, 0.15) is 5.75 Å². The molecular formula is C15H26N4O3S. The van der Waals surface area contributed by atoms with Gasteiger partial charge in [-0.1, -0.05) is 18.2 Å². The van der Waals surface area contributed by atoms with Crippen LogP contribution in [0.15, 0.2) is 29.3 Å². The summed E-state index contributed by atoms with van der Waals surface area (Å²) in [5.41, 5.74) is 1.05. The molecule has 0 saturated carbocycles. The van der Waals surface area contributed by atoms with Crippen molar-refractivity contribution in [3.05, 3.63) is 29.8 Å². The highest BCUT2D eigenvalue weighted by Crippen LogP contribution is 2.17. The smallest absolute Gasteiger partial charge is 0.208 e. The predicted octanol–water partition coefficient (Wildman–Crippen LogP) is 0.690. The molecule has 0 aliphatic rings. The van der Waals surface area contributed by atoms with Crippen molar-refractivity contribution in [2.75, 3.05) is 33.0 Å². The van der Waals surface area contributed by atoms with Crippen LogP contribution in [-0.2, 0) is 16.6 Å². The van der Waals surface area contributed by atoms with Gasteiger partial charge in [0.15, 0.2) is 5.96 Å². The Balaban J connectivity index is 2.37. The van der Waals surface area contributed by atoms with Gasteiger partial charge in [-0.25, -0.2) is 13.1 Å². The Labute approximate surface area is 138 Å². The first-order valence-electron chi connectivity index (χ1n) is 7.56. The summed E-state index contributed by atoms with van der Waals surface area (Å²) in [4.78, 5) is 4.14. The van der Waals surface area contributed by atoms with Crippen molar-refractivity contribution in [2.24, 2.45) is 4.99 Å². The van der Waals surface area contributed by atoms with Gasteiger partial charge in [0.2, 0.25) is 10.0 Å².